The largest absolute Gasteiger partial charge is 0.339 e. The molecule has 25 heavy (non-hydrogen) atoms. The van der Waals surface area contributed by atoms with E-state index in [-0.39, 0.29) is 11.8 Å². The topological polar surface area (TPSA) is 62.3 Å². The van der Waals surface area contributed by atoms with E-state index in [1.165, 1.54) is 12.4 Å². The Kier molecular flexibility index (Phi) is 5.56. The van der Waals surface area contributed by atoms with E-state index in [9.17, 15) is 9.59 Å². The number of aromatic nitrogens is 1. The zero-order valence-electron chi connectivity index (χ0n) is 13.5. The van der Waals surface area contributed by atoms with Crippen LogP contribution in [0.2, 0.25) is 10.0 Å². The molecule has 0 aliphatic carbocycles. The second kappa shape index (κ2) is 7.85. The number of nitrogens with zero attached hydrogens (tertiary/aromatic N) is 2. The maximum Gasteiger partial charge on any atom is 0.257 e. The summed E-state index contributed by atoms with van der Waals surface area (Å²) in [4.78, 5) is 30.8. The number of halogens is 2. The minimum atomic E-state index is -0.376. The van der Waals surface area contributed by atoms with E-state index in [1.807, 2.05) is 0 Å². The van der Waals surface area contributed by atoms with E-state index >= 15 is 0 Å². The van der Waals surface area contributed by atoms with Crippen LogP contribution in [0, 0.1) is 0 Å². The van der Waals surface area contributed by atoms with E-state index in [4.69, 9.17) is 23.2 Å². The van der Waals surface area contributed by atoms with Crippen LogP contribution in [-0.4, -0.2) is 34.8 Å². The molecule has 130 valence electrons. The highest BCUT2D eigenvalue weighted by atomic mass is 35.5. The van der Waals surface area contributed by atoms with E-state index in [0.29, 0.717) is 26.9 Å². The molecule has 0 saturated carbocycles. The Morgan fingerprint density at radius 2 is 1.56 bits per heavy atom. The number of nitrogens with one attached hydrogen (secondary N) is 1. The number of benzene rings is 1. The van der Waals surface area contributed by atoms with Gasteiger partial charge < -0.3 is 10.2 Å². The number of hydrogen-bond donors (Lipinski definition) is 1. The summed E-state index contributed by atoms with van der Waals surface area (Å²) in [5.41, 5.74) is 1.20. The highest BCUT2D eigenvalue weighted by molar-refractivity contribution is 6.35. The monoisotopic (exact) mass is 377 g/mol. The number of carbonyl (C=O) groups is 2. The average molecular weight is 378 g/mol. The molecule has 0 bridgehead atoms. The lowest BCUT2D eigenvalue weighted by molar-refractivity contribution is 0.0724. The first-order valence-corrected chi connectivity index (χ1v) is 8.80. The predicted octanol–water partition coefficient (Wildman–Crippen LogP) is 4.27. The van der Waals surface area contributed by atoms with Crippen molar-refractivity contribution in [2.45, 2.75) is 19.3 Å². The lowest BCUT2D eigenvalue weighted by Crippen LogP contribution is -2.35. The molecule has 1 fully saturated rings. The van der Waals surface area contributed by atoms with Gasteiger partial charge in [-0.05, 0) is 43.5 Å². The lowest BCUT2D eigenvalue weighted by Gasteiger charge is -2.26. The Bertz CT molecular complexity index is 784. The van der Waals surface area contributed by atoms with Crippen molar-refractivity contribution in [2.24, 2.45) is 0 Å². The van der Waals surface area contributed by atoms with E-state index in [2.05, 4.69) is 10.3 Å². The highest BCUT2D eigenvalue weighted by Crippen LogP contribution is 2.23. The minimum absolute atomic E-state index is 0.0901. The molecule has 2 amide bonds. The van der Waals surface area contributed by atoms with Crippen molar-refractivity contribution in [3.63, 3.8) is 0 Å². The third-order valence-corrected chi connectivity index (χ3v) is 4.45. The van der Waals surface area contributed by atoms with E-state index in [0.717, 1.165) is 32.4 Å². The fraction of sp³-hybridized carbons (Fsp3) is 0.278. The molecule has 1 N–H and O–H groups in total. The number of pyridine rings is 1. The van der Waals surface area contributed by atoms with Crippen LogP contribution in [0.1, 0.15) is 40.0 Å². The number of hydrogen-bond acceptors (Lipinski definition) is 3. The molecule has 1 aromatic heterocycles. The maximum atomic E-state index is 12.5. The van der Waals surface area contributed by atoms with Crippen LogP contribution in [0.4, 0.5) is 5.69 Å². The molecule has 0 radical (unpaired) electrons. The lowest BCUT2D eigenvalue weighted by atomic mass is 10.1. The SMILES string of the molecule is O=C(Nc1cc(Cl)cc(Cl)c1)c1cncc(C(=O)N2CCCCC2)c1. The summed E-state index contributed by atoms with van der Waals surface area (Å²) in [6.07, 6.45) is 6.08. The Morgan fingerprint density at radius 3 is 2.24 bits per heavy atom. The van der Waals surface area contributed by atoms with Crippen LogP contribution in [0.25, 0.3) is 0 Å². The second-order valence-electron chi connectivity index (χ2n) is 5.93. The number of anilines is 1. The van der Waals surface area contributed by atoms with Crippen molar-refractivity contribution >= 4 is 40.7 Å². The standard InChI is InChI=1S/C18H17Cl2N3O2/c19-14-7-15(20)9-16(8-14)22-17(24)12-6-13(11-21-10-12)18(25)23-4-2-1-3-5-23/h6-11H,1-5H2,(H,22,24). The molecule has 2 heterocycles. The molecule has 1 aromatic carbocycles. The van der Waals surface area contributed by atoms with Gasteiger partial charge in [0, 0.05) is 41.2 Å². The van der Waals surface area contributed by atoms with Gasteiger partial charge in [-0.15, -0.1) is 0 Å². The number of piperidine rings is 1. The minimum Gasteiger partial charge on any atom is -0.339 e. The van der Waals surface area contributed by atoms with Gasteiger partial charge in [-0.25, -0.2) is 0 Å². The molecule has 1 saturated heterocycles. The molecule has 2 aromatic rings. The second-order valence-corrected chi connectivity index (χ2v) is 6.80. The first kappa shape index (κ1) is 17.7. The summed E-state index contributed by atoms with van der Waals surface area (Å²) in [5.74, 6) is -0.466. The van der Waals surface area contributed by atoms with Gasteiger partial charge >= 0.3 is 0 Å². The van der Waals surface area contributed by atoms with Gasteiger partial charge in [0.15, 0.2) is 0 Å². The Hall–Kier alpha value is -2.11. The predicted molar refractivity (Wildman–Crippen MR) is 98.4 cm³/mol. The molecule has 1 aliphatic heterocycles. The van der Waals surface area contributed by atoms with E-state index in [1.54, 1.807) is 29.2 Å². The van der Waals surface area contributed by atoms with Gasteiger partial charge in [0.25, 0.3) is 11.8 Å². The first-order valence-electron chi connectivity index (χ1n) is 8.05. The molecule has 5 nitrogen and oxygen atoms in total. The van der Waals surface area contributed by atoms with Crippen molar-refractivity contribution in [3.8, 4) is 0 Å². The number of carbonyl (C=O) groups excluding carboxylic acids is 2. The molecule has 0 atom stereocenters. The fourth-order valence-electron chi connectivity index (χ4n) is 2.79. The molecule has 0 unspecified atom stereocenters. The van der Waals surface area contributed by atoms with Crippen molar-refractivity contribution in [1.82, 2.24) is 9.88 Å². The number of rotatable bonds is 3. The summed E-state index contributed by atoms with van der Waals surface area (Å²) in [6.45, 7) is 1.49. The normalized spacial score (nSPS) is 14.2. The molecule has 7 heteroatoms. The summed E-state index contributed by atoms with van der Waals surface area (Å²) < 4.78 is 0. The maximum absolute atomic E-state index is 12.5. The first-order chi connectivity index (χ1) is 12.0. The van der Waals surface area contributed by atoms with E-state index < -0.39 is 0 Å². The van der Waals surface area contributed by atoms with Crippen LogP contribution in [0.3, 0.4) is 0 Å². The molecular formula is C18H17Cl2N3O2. The fourth-order valence-corrected chi connectivity index (χ4v) is 3.32. The average Bonchev–Trinajstić information content (AvgIpc) is 2.61. The molecule has 3 rings (SSSR count). The molecule has 1 aliphatic rings. The van der Waals surface area contributed by atoms with Crippen LogP contribution in [0.5, 0.6) is 0 Å². The zero-order chi connectivity index (χ0) is 17.8. The third kappa shape index (κ3) is 4.50. The summed E-state index contributed by atoms with van der Waals surface area (Å²) in [6, 6.07) is 6.34. The van der Waals surface area contributed by atoms with Crippen LogP contribution in [-0.2, 0) is 0 Å². The Labute approximate surface area is 155 Å². The van der Waals surface area contributed by atoms with Crippen LogP contribution < -0.4 is 5.32 Å². The van der Waals surface area contributed by atoms with Gasteiger partial charge in [-0.2, -0.15) is 0 Å². The van der Waals surface area contributed by atoms with Gasteiger partial charge in [-0.1, -0.05) is 23.2 Å². The zero-order valence-corrected chi connectivity index (χ0v) is 15.0. The van der Waals surface area contributed by atoms with Gasteiger partial charge in [0.05, 0.1) is 11.1 Å². The Morgan fingerprint density at radius 1 is 0.920 bits per heavy atom. The van der Waals surface area contributed by atoms with Gasteiger partial charge in [0.2, 0.25) is 0 Å². The quantitative estimate of drug-likeness (QED) is 0.868. The van der Waals surface area contributed by atoms with Crippen LogP contribution >= 0.6 is 23.2 Å². The van der Waals surface area contributed by atoms with Gasteiger partial charge in [-0.3, -0.25) is 14.6 Å². The molecular weight excluding hydrogens is 361 g/mol. The van der Waals surface area contributed by atoms with Crippen molar-refractivity contribution in [2.75, 3.05) is 18.4 Å². The van der Waals surface area contributed by atoms with Crippen molar-refractivity contribution in [1.29, 1.82) is 0 Å². The van der Waals surface area contributed by atoms with Crippen molar-refractivity contribution in [3.05, 3.63) is 57.8 Å². The van der Waals surface area contributed by atoms with Crippen LogP contribution in [0.15, 0.2) is 36.7 Å². The Balaban J connectivity index is 1.76. The third-order valence-electron chi connectivity index (χ3n) is 4.01. The number of likely N-dealkylation sites (tertiary alicyclic amines) is 1. The molecule has 0 spiro atoms. The summed E-state index contributed by atoms with van der Waals surface area (Å²) in [7, 11) is 0. The van der Waals surface area contributed by atoms with Crippen molar-refractivity contribution < 1.29 is 9.59 Å². The van der Waals surface area contributed by atoms with Gasteiger partial charge in [0.1, 0.15) is 0 Å². The highest BCUT2D eigenvalue weighted by Gasteiger charge is 2.19. The summed E-state index contributed by atoms with van der Waals surface area (Å²) in [5, 5.41) is 3.56. The summed E-state index contributed by atoms with van der Waals surface area (Å²) >= 11 is 11.9. The smallest absolute Gasteiger partial charge is 0.257 e. The number of amides is 2.